The molecule has 1 fully saturated rings. The molecule has 2 amide bonds. The first kappa shape index (κ1) is 22.7. The highest BCUT2D eigenvalue weighted by Gasteiger charge is 2.34. The highest BCUT2D eigenvalue weighted by Crippen LogP contribution is 2.37. The maximum absolute atomic E-state index is 12.9. The second kappa shape index (κ2) is 8.80. The maximum Gasteiger partial charge on any atom is 0.252 e. The zero-order chi connectivity index (χ0) is 22.3. The van der Waals surface area contributed by atoms with E-state index < -0.39 is 15.9 Å². The van der Waals surface area contributed by atoms with Gasteiger partial charge in [-0.05, 0) is 44.0 Å². The Morgan fingerprint density at radius 3 is 2.52 bits per heavy atom. The zero-order valence-corrected chi connectivity index (χ0v) is 20.1. The molecule has 0 aliphatic carbocycles. The summed E-state index contributed by atoms with van der Waals surface area (Å²) in [6.07, 6.45) is 1.53. The van der Waals surface area contributed by atoms with Crippen molar-refractivity contribution < 1.29 is 18.0 Å². The summed E-state index contributed by atoms with van der Waals surface area (Å²) in [4.78, 5) is 28.2. The normalized spacial score (nSPS) is 18.6. The van der Waals surface area contributed by atoms with Gasteiger partial charge in [-0.15, -0.1) is 22.7 Å². The molecule has 31 heavy (non-hydrogen) atoms. The van der Waals surface area contributed by atoms with Gasteiger partial charge in [0.1, 0.15) is 9.21 Å². The summed E-state index contributed by atoms with van der Waals surface area (Å²) < 4.78 is 27.5. The lowest BCUT2D eigenvalue weighted by Crippen LogP contribution is -2.41. The first-order valence-electron chi connectivity index (χ1n) is 9.86. The van der Waals surface area contributed by atoms with Crippen molar-refractivity contribution in [1.29, 1.82) is 0 Å². The van der Waals surface area contributed by atoms with Crippen molar-refractivity contribution in [2.24, 2.45) is 11.7 Å². The number of sulfonamides is 1. The van der Waals surface area contributed by atoms with E-state index in [0.717, 1.165) is 41.3 Å². The van der Waals surface area contributed by atoms with E-state index in [4.69, 9.17) is 17.3 Å². The highest BCUT2D eigenvalue weighted by atomic mass is 35.5. The first-order valence-corrected chi connectivity index (χ1v) is 13.3. The summed E-state index contributed by atoms with van der Waals surface area (Å²) in [5, 5.41) is 3.40. The Labute approximate surface area is 194 Å². The summed E-state index contributed by atoms with van der Waals surface area (Å²) in [6, 6.07) is 3.07. The van der Waals surface area contributed by atoms with Crippen LogP contribution in [0, 0.1) is 5.92 Å². The van der Waals surface area contributed by atoms with Gasteiger partial charge in [0.2, 0.25) is 5.91 Å². The largest absolute Gasteiger partial charge is 0.365 e. The fourth-order valence-electron chi connectivity index (χ4n) is 4.02. The third kappa shape index (κ3) is 4.53. The average Bonchev–Trinajstić information content (AvgIpc) is 3.31. The molecule has 0 atom stereocenters. The number of thiophene rings is 2. The number of halogens is 1. The molecule has 0 spiro atoms. The lowest BCUT2D eigenvalue weighted by molar-refractivity contribution is -0.120. The Hall–Kier alpha value is -1.50. The van der Waals surface area contributed by atoms with E-state index in [1.165, 1.54) is 21.7 Å². The maximum atomic E-state index is 12.9. The van der Waals surface area contributed by atoms with Crippen LogP contribution in [0.4, 0.5) is 5.00 Å². The third-order valence-corrected chi connectivity index (χ3v) is 10.4. The third-order valence-electron chi connectivity index (χ3n) is 5.70. The molecule has 168 valence electrons. The molecular weight excluding hydrogens is 480 g/mol. The van der Waals surface area contributed by atoms with Crippen molar-refractivity contribution in [2.75, 3.05) is 32.0 Å². The van der Waals surface area contributed by atoms with E-state index in [2.05, 4.69) is 10.2 Å². The molecule has 0 aromatic carbocycles. The Morgan fingerprint density at radius 2 is 1.90 bits per heavy atom. The summed E-state index contributed by atoms with van der Waals surface area (Å²) in [5.41, 5.74) is 6.96. The van der Waals surface area contributed by atoms with Crippen molar-refractivity contribution in [3.63, 3.8) is 0 Å². The molecule has 1 saturated heterocycles. The second-order valence-corrected chi connectivity index (χ2v) is 12.8. The van der Waals surface area contributed by atoms with Crippen LogP contribution in [-0.4, -0.2) is 56.1 Å². The molecule has 8 nitrogen and oxygen atoms in total. The van der Waals surface area contributed by atoms with Gasteiger partial charge in [-0.25, -0.2) is 8.42 Å². The predicted molar refractivity (Wildman–Crippen MR) is 122 cm³/mol. The van der Waals surface area contributed by atoms with Crippen LogP contribution >= 0.6 is 34.3 Å². The number of nitrogens with one attached hydrogen (secondary N) is 1. The average molecular weight is 503 g/mol. The number of fused-ring (bicyclic) bond motifs is 1. The number of piperidine rings is 1. The Bertz CT molecular complexity index is 1120. The molecule has 12 heteroatoms. The number of hydrogen-bond acceptors (Lipinski definition) is 7. The molecule has 2 aliphatic rings. The topological polar surface area (TPSA) is 113 Å². The molecule has 2 aliphatic heterocycles. The van der Waals surface area contributed by atoms with Gasteiger partial charge in [-0.2, -0.15) is 4.31 Å². The van der Waals surface area contributed by atoms with Gasteiger partial charge in [-0.1, -0.05) is 11.6 Å². The number of anilines is 1. The molecule has 2 aromatic rings. The number of carbonyl (C=O) groups is 2. The van der Waals surface area contributed by atoms with Crippen molar-refractivity contribution >= 4 is 61.1 Å². The van der Waals surface area contributed by atoms with E-state index in [-0.39, 0.29) is 29.1 Å². The number of nitrogens with two attached hydrogens (primary N) is 1. The highest BCUT2D eigenvalue weighted by molar-refractivity contribution is 7.91. The van der Waals surface area contributed by atoms with Gasteiger partial charge in [0.25, 0.3) is 15.9 Å². The number of amides is 2. The van der Waals surface area contributed by atoms with Gasteiger partial charge in [-0.3, -0.25) is 9.59 Å². The van der Waals surface area contributed by atoms with Gasteiger partial charge in [0, 0.05) is 37.0 Å². The molecule has 0 bridgehead atoms. The number of nitrogens with zero attached hydrogens (tertiary/aromatic N) is 2. The second-order valence-electron chi connectivity index (χ2n) is 7.79. The van der Waals surface area contributed by atoms with Crippen LogP contribution < -0.4 is 11.1 Å². The fourth-order valence-corrected chi connectivity index (χ4v) is 8.46. The predicted octanol–water partition coefficient (Wildman–Crippen LogP) is 2.59. The van der Waals surface area contributed by atoms with Gasteiger partial charge in [0.05, 0.1) is 9.90 Å². The van der Waals surface area contributed by atoms with Crippen molar-refractivity contribution in [3.8, 4) is 0 Å². The molecule has 0 radical (unpaired) electrons. The number of primary amides is 1. The van der Waals surface area contributed by atoms with Gasteiger partial charge in [0.15, 0.2) is 0 Å². The number of rotatable bonds is 5. The minimum Gasteiger partial charge on any atom is -0.365 e. The van der Waals surface area contributed by atoms with Crippen LogP contribution in [0.3, 0.4) is 0 Å². The van der Waals surface area contributed by atoms with E-state index in [9.17, 15) is 18.0 Å². The van der Waals surface area contributed by atoms with E-state index in [1.807, 2.05) is 7.05 Å². The minimum absolute atomic E-state index is 0.203. The van der Waals surface area contributed by atoms with Gasteiger partial charge < -0.3 is 16.0 Å². The SMILES string of the molecule is CN1CCc2c(sc(NC(=O)C3CCN(S(=O)(=O)c4ccc(Cl)s4)CC3)c2C(N)=O)C1. The molecular formula is C19H23ClN4O4S3. The molecule has 0 unspecified atom stereocenters. The van der Waals surface area contributed by atoms with Crippen LogP contribution in [0.1, 0.15) is 33.6 Å². The molecule has 4 rings (SSSR count). The van der Waals surface area contributed by atoms with Gasteiger partial charge >= 0.3 is 0 Å². The quantitative estimate of drug-likeness (QED) is 0.652. The summed E-state index contributed by atoms with van der Waals surface area (Å²) in [7, 11) is -1.59. The van der Waals surface area contributed by atoms with Crippen LogP contribution in [0.15, 0.2) is 16.3 Å². The molecule has 0 saturated carbocycles. The van der Waals surface area contributed by atoms with Crippen LogP contribution in [0.25, 0.3) is 0 Å². The number of hydrogen-bond donors (Lipinski definition) is 2. The summed E-state index contributed by atoms with van der Waals surface area (Å²) >= 11 is 8.30. The lowest BCUT2D eigenvalue weighted by Gasteiger charge is -2.30. The smallest absolute Gasteiger partial charge is 0.252 e. The van der Waals surface area contributed by atoms with Crippen LogP contribution in [-0.2, 0) is 27.8 Å². The fraction of sp³-hybridized carbons (Fsp3) is 0.474. The van der Waals surface area contributed by atoms with Crippen molar-refractivity contribution in [3.05, 3.63) is 32.5 Å². The van der Waals surface area contributed by atoms with Crippen molar-refractivity contribution in [2.45, 2.75) is 30.0 Å². The van der Waals surface area contributed by atoms with Crippen LogP contribution in [0.5, 0.6) is 0 Å². The standard InChI is InChI=1S/C19H23ClN4O4S3/c1-23-7-6-12-13(10-23)29-19(16(12)17(21)25)22-18(26)11-4-8-24(9-5-11)31(27,28)15-3-2-14(20)30-15/h2-3,11H,4-10H2,1H3,(H2,21,25)(H,22,26). The Kier molecular flexibility index (Phi) is 6.44. The van der Waals surface area contributed by atoms with Crippen molar-refractivity contribution in [1.82, 2.24) is 9.21 Å². The Morgan fingerprint density at radius 1 is 1.19 bits per heavy atom. The monoisotopic (exact) mass is 502 g/mol. The zero-order valence-electron chi connectivity index (χ0n) is 16.9. The number of likely N-dealkylation sites (N-methyl/N-ethyl adjacent to an activating group) is 1. The summed E-state index contributed by atoms with van der Waals surface area (Å²) in [6.45, 7) is 2.06. The molecule has 3 N–H and O–H groups in total. The first-order chi connectivity index (χ1) is 14.7. The molecule has 4 heterocycles. The molecule has 2 aromatic heterocycles. The number of carbonyl (C=O) groups excluding carboxylic acids is 2. The van der Waals surface area contributed by atoms with Crippen LogP contribution in [0.2, 0.25) is 4.34 Å². The summed E-state index contributed by atoms with van der Waals surface area (Å²) in [5.74, 6) is -1.07. The Balaban J connectivity index is 1.44. The lowest BCUT2D eigenvalue weighted by atomic mass is 9.97. The minimum atomic E-state index is -3.60. The van der Waals surface area contributed by atoms with E-state index in [1.54, 1.807) is 6.07 Å². The van der Waals surface area contributed by atoms with E-state index in [0.29, 0.717) is 27.7 Å². The van der Waals surface area contributed by atoms with E-state index >= 15 is 0 Å².